The number of nitrogens with one attached hydrogen (secondary N) is 2. The van der Waals surface area contributed by atoms with Crippen molar-refractivity contribution in [3.05, 3.63) is 33.3 Å². The number of aryl methyl sites for hydroxylation is 1. The first-order valence-corrected chi connectivity index (χ1v) is 7.92. The number of carbonyl (C=O) groups is 1. The average molecular weight is 345 g/mol. The topological polar surface area (TPSA) is 66.9 Å². The van der Waals surface area contributed by atoms with Crippen LogP contribution in [0.5, 0.6) is 0 Å². The van der Waals surface area contributed by atoms with Crippen molar-refractivity contribution in [2.75, 3.05) is 10.6 Å². The van der Waals surface area contributed by atoms with Crippen LogP contribution in [0.4, 0.5) is 10.8 Å². The fraction of sp³-hybridized carbons (Fsp3) is 0.308. The summed E-state index contributed by atoms with van der Waals surface area (Å²) >= 11 is 13.4. The van der Waals surface area contributed by atoms with Gasteiger partial charge in [0.05, 0.1) is 15.7 Å². The predicted molar refractivity (Wildman–Crippen MR) is 87.5 cm³/mol. The number of carbonyl (C=O) groups excluding carboxylic acids is 1. The van der Waals surface area contributed by atoms with Crippen LogP contribution in [0, 0.1) is 0 Å². The van der Waals surface area contributed by atoms with E-state index in [2.05, 4.69) is 20.8 Å². The summed E-state index contributed by atoms with van der Waals surface area (Å²) in [5.41, 5.74) is 0.610. The molecule has 0 bridgehead atoms. The Labute approximate surface area is 136 Å². The first kappa shape index (κ1) is 16.0. The molecule has 5 nitrogen and oxygen atoms in total. The Morgan fingerprint density at radius 3 is 2.81 bits per heavy atom. The van der Waals surface area contributed by atoms with Gasteiger partial charge in [0.15, 0.2) is 0 Å². The van der Waals surface area contributed by atoms with Gasteiger partial charge in [-0.25, -0.2) is 0 Å². The van der Waals surface area contributed by atoms with E-state index in [4.69, 9.17) is 23.2 Å². The molecule has 0 aliphatic heterocycles. The molecule has 0 saturated heterocycles. The lowest BCUT2D eigenvalue weighted by molar-refractivity contribution is -0.116. The van der Waals surface area contributed by atoms with Crippen molar-refractivity contribution in [2.45, 2.75) is 26.3 Å². The molecule has 0 fully saturated rings. The summed E-state index contributed by atoms with van der Waals surface area (Å²) < 4.78 is 0. The Morgan fingerprint density at radius 1 is 1.38 bits per heavy atom. The fourth-order valence-corrected chi connectivity index (χ4v) is 2.61. The largest absolute Gasteiger partial charge is 0.373 e. The first-order chi connectivity index (χ1) is 10.0. The van der Waals surface area contributed by atoms with Gasteiger partial charge in [-0.05, 0) is 25.5 Å². The molecule has 112 valence electrons. The summed E-state index contributed by atoms with van der Waals surface area (Å²) in [5.74, 6) is -0.218. The minimum atomic E-state index is -0.491. The summed E-state index contributed by atoms with van der Waals surface area (Å²) in [6.07, 6.45) is 0.791. The van der Waals surface area contributed by atoms with Crippen LogP contribution < -0.4 is 10.6 Å². The number of hydrogen-bond donors (Lipinski definition) is 2. The standard InChI is InChI=1S/C13H14Cl2N4OS/c1-3-10-18-19-13(21-10)17-12(20)7(2)16-9-6-4-5-8(14)11(9)15/h4-7,16H,3H2,1-2H3,(H,17,19,20)/t7-/m0/s1. The van der Waals surface area contributed by atoms with Gasteiger partial charge in [-0.15, -0.1) is 10.2 Å². The van der Waals surface area contributed by atoms with E-state index in [0.29, 0.717) is 20.9 Å². The third kappa shape index (κ3) is 4.06. The van der Waals surface area contributed by atoms with E-state index in [1.54, 1.807) is 25.1 Å². The number of nitrogens with zero attached hydrogens (tertiary/aromatic N) is 2. The van der Waals surface area contributed by atoms with Crippen LogP contribution in [-0.4, -0.2) is 22.1 Å². The molecule has 1 heterocycles. The van der Waals surface area contributed by atoms with Crippen molar-refractivity contribution >= 4 is 51.3 Å². The molecule has 2 aromatic rings. The Balaban J connectivity index is 2.00. The summed E-state index contributed by atoms with van der Waals surface area (Å²) in [6.45, 7) is 3.71. The van der Waals surface area contributed by atoms with Gasteiger partial charge in [0, 0.05) is 0 Å². The van der Waals surface area contributed by atoms with Crippen molar-refractivity contribution in [1.29, 1.82) is 0 Å². The zero-order valence-corrected chi connectivity index (χ0v) is 13.8. The summed E-state index contributed by atoms with van der Waals surface area (Å²) in [5, 5.41) is 15.8. The van der Waals surface area contributed by atoms with Crippen LogP contribution >= 0.6 is 34.5 Å². The Morgan fingerprint density at radius 2 is 2.14 bits per heavy atom. The van der Waals surface area contributed by atoms with Gasteiger partial charge in [0.25, 0.3) is 0 Å². The average Bonchev–Trinajstić information content (AvgIpc) is 2.91. The van der Waals surface area contributed by atoms with E-state index in [1.165, 1.54) is 11.3 Å². The van der Waals surface area contributed by atoms with Gasteiger partial charge in [0.2, 0.25) is 11.0 Å². The number of hydrogen-bond acceptors (Lipinski definition) is 5. The van der Waals surface area contributed by atoms with Crippen molar-refractivity contribution < 1.29 is 4.79 Å². The molecule has 0 saturated carbocycles. The number of amides is 1. The molecule has 0 unspecified atom stereocenters. The van der Waals surface area contributed by atoms with Crippen LogP contribution in [-0.2, 0) is 11.2 Å². The van der Waals surface area contributed by atoms with Crippen molar-refractivity contribution in [3.63, 3.8) is 0 Å². The summed E-state index contributed by atoms with van der Waals surface area (Å²) in [6, 6.07) is 4.72. The van der Waals surface area contributed by atoms with Crippen LogP contribution in [0.15, 0.2) is 18.2 Å². The normalized spacial score (nSPS) is 12.0. The number of aromatic nitrogens is 2. The SMILES string of the molecule is CCc1nnc(NC(=O)[C@H](C)Nc2cccc(Cl)c2Cl)s1. The highest BCUT2D eigenvalue weighted by Gasteiger charge is 2.16. The maximum Gasteiger partial charge on any atom is 0.248 e. The number of anilines is 2. The van der Waals surface area contributed by atoms with Crippen LogP contribution in [0.2, 0.25) is 10.0 Å². The molecule has 21 heavy (non-hydrogen) atoms. The van der Waals surface area contributed by atoms with E-state index in [-0.39, 0.29) is 5.91 Å². The zero-order valence-electron chi connectivity index (χ0n) is 11.5. The number of rotatable bonds is 5. The molecule has 1 aromatic heterocycles. The molecule has 0 aliphatic rings. The third-order valence-electron chi connectivity index (χ3n) is 2.72. The van der Waals surface area contributed by atoms with Gasteiger partial charge in [-0.3, -0.25) is 10.1 Å². The fourth-order valence-electron chi connectivity index (χ4n) is 1.57. The molecule has 0 spiro atoms. The van der Waals surface area contributed by atoms with E-state index in [1.807, 2.05) is 6.92 Å². The minimum absolute atomic E-state index is 0.218. The number of halogens is 2. The highest BCUT2D eigenvalue weighted by Crippen LogP contribution is 2.30. The van der Waals surface area contributed by atoms with Crippen molar-refractivity contribution in [3.8, 4) is 0 Å². The van der Waals surface area contributed by atoms with Gasteiger partial charge < -0.3 is 5.32 Å². The molecule has 2 rings (SSSR count). The van der Waals surface area contributed by atoms with Gasteiger partial charge in [-0.2, -0.15) is 0 Å². The lowest BCUT2D eigenvalue weighted by atomic mass is 10.2. The molecule has 0 radical (unpaired) electrons. The second kappa shape index (κ2) is 7.06. The minimum Gasteiger partial charge on any atom is -0.373 e. The second-order valence-electron chi connectivity index (χ2n) is 4.31. The van der Waals surface area contributed by atoms with Crippen LogP contribution in [0.25, 0.3) is 0 Å². The third-order valence-corrected chi connectivity index (χ3v) is 4.52. The van der Waals surface area contributed by atoms with Crippen molar-refractivity contribution in [2.24, 2.45) is 0 Å². The van der Waals surface area contributed by atoms with Crippen LogP contribution in [0.1, 0.15) is 18.9 Å². The lowest BCUT2D eigenvalue weighted by Gasteiger charge is -2.15. The van der Waals surface area contributed by atoms with Gasteiger partial charge in [0.1, 0.15) is 11.0 Å². The van der Waals surface area contributed by atoms with Gasteiger partial charge in [-0.1, -0.05) is 47.5 Å². The zero-order chi connectivity index (χ0) is 15.4. The summed E-state index contributed by atoms with van der Waals surface area (Å²) in [7, 11) is 0. The molecular weight excluding hydrogens is 331 g/mol. The summed E-state index contributed by atoms with van der Waals surface area (Å²) in [4.78, 5) is 12.1. The predicted octanol–water partition coefficient (Wildman–Crippen LogP) is 3.85. The lowest BCUT2D eigenvalue weighted by Crippen LogP contribution is -2.31. The van der Waals surface area contributed by atoms with Gasteiger partial charge >= 0.3 is 0 Å². The second-order valence-corrected chi connectivity index (χ2v) is 6.16. The molecule has 8 heteroatoms. The molecule has 0 aliphatic carbocycles. The molecular formula is C13H14Cl2N4OS. The van der Waals surface area contributed by atoms with E-state index >= 15 is 0 Å². The van der Waals surface area contributed by atoms with E-state index in [9.17, 15) is 4.79 Å². The van der Waals surface area contributed by atoms with Crippen LogP contribution in [0.3, 0.4) is 0 Å². The highest BCUT2D eigenvalue weighted by atomic mass is 35.5. The smallest absolute Gasteiger partial charge is 0.248 e. The number of benzene rings is 1. The Kier molecular flexibility index (Phi) is 5.39. The van der Waals surface area contributed by atoms with Crippen molar-refractivity contribution in [1.82, 2.24) is 10.2 Å². The molecule has 1 aromatic carbocycles. The first-order valence-electron chi connectivity index (χ1n) is 6.35. The molecule has 1 amide bonds. The maximum absolute atomic E-state index is 12.1. The quantitative estimate of drug-likeness (QED) is 0.864. The van der Waals surface area contributed by atoms with E-state index in [0.717, 1.165) is 11.4 Å². The monoisotopic (exact) mass is 344 g/mol. The molecule has 2 N–H and O–H groups in total. The highest BCUT2D eigenvalue weighted by molar-refractivity contribution is 7.15. The maximum atomic E-state index is 12.1. The Hall–Kier alpha value is -1.37. The van der Waals surface area contributed by atoms with E-state index < -0.39 is 6.04 Å². The molecule has 1 atom stereocenters. The Bertz CT molecular complexity index is 647.